The Morgan fingerprint density at radius 2 is 2.00 bits per heavy atom. The van der Waals surface area contributed by atoms with Gasteiger partial charge in [-0.05, 0) is 24.5 Å². The summed E-state index contributed by atoms with van der Waals surface area (Å²) < 4.78 is 0. The summed E-state index contributed by atoms with van der Waals surface area (Å²) >= 11 is 0. The van der Waals surface area contributed by atoms with Crippen molar-refractivity contribution in [1.82, 2.24) is 4.90 Å². The van der Waals surface area contributed by atoms with Crippen LogP contribution in [0.3, 0.4) is 0 Å². The Morgan fingerprint density at radius 3 is 2.63 bits per heavy atom. The molecule has 0 radical (unpaired) electrons. The van der Waals surface area contributed by atoms with Crippen molar-refractivity contribution >= 4 is 0 Å². The summed E-state index contributed by atoms with van der Waals surface area (Å²) in [4.78, 5) is 2.02. The van der Waals surface area contributed by atoms with Gasteiger partial charge in [0.05, 0.1) is 0 Å². The van der Waals surface area contributed by atoms with Crippen molar-refractivity contribution in [2.24, 2.45) is 11.3 Å². The Hall–Kier alpha value is -1.76. The lowest BCUT2D eigenvalue weighted by Crippen LogP contribution is -2.08. The maximum Gasteiger partial charge on any atom is 0.0236 e. The summed E-state index contributed by atoms with van der Waals surface area (Å²) in [5, 5.41) is 0. The Labute approximate surface area is 118 Å². The van der Waals surface area contributed by atoms with Gasteiger partial charge in [-0.25, -0.2) is 0 Å². The third kappa shape index (κ3) is 5.17. The molecule has 102 valence electrons. The number of hydrogen-bond acceptors (Lipinski definition) is 1. The SMILES string of the molecule is C=C/C=C\N(C)/C=C/C1(C)C=CC=C(C(C)C)C=C1. The fourth-order valence-electron chi connectivity index (χ4n) is 1.77. The standard InChI is InChI=1S/C18H25N/c1-6-7-14-19(5)15-13-18(4)11-8-9-17(10-12-18)16(2)3/h6-16H,1H2,2-5H3/b14-7-,15-13+. The molecule has 1 aliphatic carbocycles. The summed E-state index contributed by atoms with van der Waals surface area (Å²) in [7, 11) is 2.02. The third-order valence-electron chi connectivity index (χ3n) is 3.17. The molecule has 1 atom stereocenters. The molecular weight excluding hydrogens is 230 g/mol. The van der Waals surface area contributed by atoms with E-state index in [9.17, 15) is 0 Å². The van der Waals surface area contributed by atoms with Crippen LogP contribution < -0.4 is 0 Å². The van der Waals surface area contributed by atoms with Gasteiger partial charge in [-0.2, -0.15) is 0 Å². The van der Waals surface area contributed by atoms with Crippen molar-refractivity contribution < 1.29 is 0 Å². The number of rotatable bonds is 5. The van der Waals surface area contributed by atoms with Crippen molar-refractivity contribution in [3.05, 3.63) is 73.2 Å². The Kier molecular flexibility index (Phi) is 5.62. The van der Waals surface area contributed by atoms with Gasteiger partial charge in [0.25, 0.3) is 0 Å². The first-order chi connectivity index (χ1) is 8.97. The van der Waals surface area contributed by atoms with Gasteiger partial charge in [0, 0.05) is 24.9 Å². The molecule has 0 aromatic carbocycles. The van der Waals surface area contributed by atoms with E-state index in [4.69, 9.17) is 0 Å². The molecule has 0 saturated carbocycles. The second kappa shape index (κ2) is 6.98. The summed E-state index contributed by atoms with van der Waals surface area (Å²) in [6.45, 7) is 10.3. The predicted molar refractivity (Wildman–Crippen MR) is 85.5 cm³/mol. The van der Waals surface area contributed by atoms with E-state index in [1.54, 1.807) is 6.08 Å². The number of hydrogen-bond donors (Lipinski definition) is 0. The van der Waals surface area contributed by atoms with Crippen LogP contribution in [0.25, 0.3) is 0 Å². The first-order valence-electron chi connectivity index (χ1n) is 6.76. The van der Waals surface area contributed by atoms with Crippen LogP contribution in [0.4, 0.5) is 0 Å². The van der Waals surface area contributed by atoms with E-state index < -0.39 is 0 Å². The highest BCUT2D eigenvalue weighted by Gasteiger charge is 2.15. The van der Waals surface area contributed by atoms with E-state index in [-0.39, 0.29) is 5.41 Å². The average molecular weight is 255 g/mol. The van der Waals surface area contributed by atoms with Crippen molar-refractivity contribution in [2.45, 2.75) is 20.8 Å². The quantitative estimate of drug-likeness (QED) is 0.635. The summed E-state index contributed by atoms with van der Waals surface area (Å²) in [5.74, 6) is 0.561. The van der Waals surface area contributed by atoms with Gasteiger partial charge < -0.3 is 4.90 Å². The number of allylic oxidation sites excluding steroid dienone is 9. The van der Waals surface area contributed by atoms with Crippen LogP contribution in [0.15, 0.2) is 73.2 Å². The highest BCUT2D eigenvalue weighted by molar-refractivity contribution is 5.35. The first kappa shape index (κ1) is 15.3. The molecule has 0 bridgehead atoms. The van der Waals surface area contributed by atoms with Gasteiger partial charge in [0.1, 0.15) is 0 Å². The number of nitrogens with zero attached hydrogens (tertiary/aromatic N) is 1. The molecule has 1 nitrogen and oxygen atoms in total. The normalized spacial score (nSPS) is 23.1. The monoisotopic (exact) mass is 255 g/mol. The summed E-state index contributed by atoms with van der Waals surface area (Å²) in [6, 6.07) is 0. The second-order valence-electron chi connectivity index (χ2n) is 5.44. The second-order valence-corrected chi connectivity index (χ2v) is 5.44. The molecule has 1 heteroatoms. The lowest BCUT2D eigenvalue weighted by Gasteiger charge is -2.18. The van der Waals surface area contributed by atoms with Gasteiger partial charge >= 0.3 is 0 Å². The first-order valence-corrected chi connectivity index (χ1v) is 6.76. The molecule has 0 aromatic rings. The van der Waals surface area contributed by atoms with E-state index >= 15 is 0 Å². The lowest BCUT2D eigenvalue weighted by atomic mass is 9.89. The maximum absolute atomic E-state index is 3.67. The van der Waals surface area contributed by atoms with Crippen molar-refractivity contribution in [2.75, 3.05) is 7.05 Å². The molecule has 0 aliphatic heterocycles. The lowest BCUT2D eigenvalue weighted by molar-refractivity contribution is 0.603. The summed E-state index contributed by atoms with van der Waals surface area (Å²) in [5.41, 5.74) is 1.33. The molecule has 0 fully saturated rings. The van der Waals surface area contributed by atoms with Crippen LogP contribution >= 0.6 is 0 Å². The maximum atomic E-state index is 3.67. The molecule has 0 aromatic heterocycles. The van der Waals surface area contributed by atoms with E-state index in [0.717, 1.165) is 0 Å². The van der Waals surface area contributed by atoms with Gasteiger partial charge in [0.2, 0.25) is 0 Å². The molecule has 0 N–H and O–H groups in total. The van der Waals surface area contributed by atoms with Crippen LogP contribution in [-0.4, -0.2) is 11.9 Å². The van der Waals surface area contributed by atoms with E-state index in [1.165, 1.54) is 5.57 Å². The van der Waals surface area contributed by atoms with Crippen LogP contribution in [-0.2, 0) is 0 Å². The fraction of sp³-hybridized carbons (Fsp3) is 0.333. The largest absolute Gasteiger partial charge is 0.358 e. The van der Waals surface area contributed by atoms with Gasteiger partial charge in [-0.1, -0.05) is 63.0 Å². The third-order valence-corrected chi connectivity index (χ3v) is 3.17. The zero-order valence-electron chi connectivity index (χ0n) is 12.5. The van der Waals surface area contributed by atoms with Crippen molar-refractivity contribution in [3.8, 4) is 0 Å². The van der Waals surface area contributed by atoms with E-state index in [0.29, 0.717) is 5.92 Å². The van der Waals surface area contributed by atoms with Gasteiger partial charge in [0.15, 0.2) is 0 Å². The van der Waals surface area contributed by atoms with Crippen LogP contribution in [0.2, 0.25) is 0 Å². The van der Waals surface area contributed by atoms with Gasteiger partial charge in [-0.15, -0.1) is 0 Å². The molecule has 0 saturated heterocycles. The molecule has 0 spiro atoms. The Balaban J connectivity index is 2.79. The van der Waals surface area contributed by atoms with Crippen LogP contribution in [0.5, 0.6) is 0 Å². The highest BCUT2D eigenvalue weighted by Crippen LogP contribution is 2.27. The zero-order chi connectivity index (χ0) is 14.3. The van der Waals surface area contributed by atoms with E-state index in [2.05, 4.69) is 70.0 Å². The topological polar surface area (TPSA) is 3.24 Å². The Bertz CT molecular complexity index is 446. The minimum Gasteiger partial charge on any atom is -0.358 e. The molecular formula is C18H25N. The fourth-order valence-corrected chi connectivity index (χ4v) is 1.77. The van der Waals surface area contributed by atoms with Gasteiger partial charge in [-0.3, -0.25) is 0 Å². The minimum absolute atomic E-state index is 0.0383. The van der Waals surface area contributed by atoms with Crippen LogP contribution in [0.1, 0.15) is 20.8 Å². The average Bonchev–Trinajstić information content (AvgIpc) is 2.57. The highest BCUT2D eigenvalue weighted by atomic mass is 15.0. The smallest absolute Gasteiger partial charge is 0.0236 e. The molecule has 1 unspecified atom stereocenters. The molecule has 19 heavy (non-hydrogen) atoms. The Morgan fingerprint density at radius 1 is 1.26 bits per heavy atom. The van der Waals surface area contributed by atoms with Crippen molar-refractivity contribution in [3.63, 3.8) is 0 Å². The zero-order valence-corrected chi connectivity index (χ0v) is 12.5. The molecule has 0 amide bonds. The summed E-state index contributed by atoms with van der Waals surface area (Å²) in [6.07, 6.45) is 21.0. The molecule has 0 heterocycles. The van der Waals surface area contributed by atoms with Crippen LogP contribution in [0, 0.1) is 11.3 Å². The molecule has 1 aliphatic rings. The van der Waals surface area contributed by atoms with Crippen molar-refractivity contribution in [1.29, 1.82) is 0 Å². The predicted octanol–water partition coefficient (Wildman–Crippen LogP) is 4.85. The molecule has 1 rings (SSSR count). The minimum atomic E-state index is -0.0383. The van der Waals surface area contributed by atoms with E-state index in [1.807, 2.05) is 24.2 Å².